The van der Waals surface area contributed by atoms with Gasteiger partial charge in [0.05, 0.1) is 15.4 Å². The molecule has 0 fully saturated rings. The summed E-state index contributed by atoms with van der Waals surface area (Å²) in [6.45, 7) is 2.02. The third-order valence-electron chi connectivity index (χ3n) is 1.69. The van der Waals surface area contributed by atoms with Crippen molar-refractivity contribution < 1.29 is 0 Å². The van der Waals surface area contributed by atoms with Crippen LogP contribution >= 0.6 is 34.5 Å². The Labute approximate surface area is 97.6 Å². The Morgan fingerprint density at radius 3 is 2.71 bits per heavy atom. The molecule has 1 heterocycles. The van der Waals surface area contributed by atoms with Crippen LogP contribution in [0.15, 0.2) is 17.7 Å². The molecular weight excluding hydrogens is 237 g/mol. The number of allylic oxidation sites excluding steroid dienone is 1. The van der Waals surface area contributed by atoms with E-state index in [4.69, 9.17) is 28.5 Å². The molecule has 14 heavy (non-hydrogen) atoms. The molecule has 0 aliphatic carbocycles. The van der Waals surface area contributed by atoms with E-state index in [1.807, 2.05) is 13.0 Å². The lowest BCUT2D eigenvalue weighted by Gasteiger charge is -1.98. The molecule has 1 aromatic rings. The van der Waals surface area contributed by atoms with Gasteiger partial charge in [-0.2, -0.15) is 5.26 Å². The van der Waals surface area contributed by atoms with Crippen molar-refractivity contribution in [2.24, 2.45) is 0 Å². The Hall–Kier alpha value is -0.490. The van der Waals surface area contributed by atoms with Gasteiger partial charge in [-0.05, 0) is 18.6 Å². The summed E-state index contributed by atoms with van der Waals surface area (Å²) in [5.41, 5.74) is 0.632. The van der Waals surface area contributed by atoms with Crippen LogP contribution in [0.1, 0.15) is 24.6 Å². The average Bonchev–Trinajstić information content (AvgIpc) is 2.60. The van der Waals surface area contributed by atoms with Gasteiger partial charge in [0.2, 0.25) is 0 Å². The van der Waals surface area contributed by atoms with Gasteiger partial charge in [-0.25, -0.2) is 0 Å². The quantitative estimate of drug-likeness (QED) is 0.710. The maximum Gasteiger partial charge on any atom is 0.0963 e. The van der Waals surface area contributed by atoms with Gasteiger partial charge in [0.25, 0.3) is 0 Å². The topological polar surface area (TPSA) is 23.8 Å². The first kappa shape index (κ1) is 11.6. The van der Waals surface area contributed by atoms with Crippen LogP contribution in [0, 0.1) is 11.3 Å². The molecule has 4 heteroatoms. The molecule has 1 aromatic heterocycles. The van der Waals surface area contributed by atoms with E-state index in [9.17, 15) is 0 Å². The van der Waals surface area contributed by atoms with Crippen LogP contribution in [-0.4, -0.2) is 0 Å². The fraction of sp³-hybridized carbons (Fsp3) is 0.300. The lowest BCUT2D eigenvalue weighted by molar-refractivity contribution is 0.933. The van der Waals surface area contributed by atoms with Crippen LogP contribution in [0.25, 0.3) is 5.03 Å². The first-order chi connectivity index (χ1) is 6.69. The minimum atomic E-state index is 0.534. The first-order valence-electron chi connectivity index (χ1n) is 4.23. The summed E-state index contributed by atoms with van der Waals surface area (Å²) < 4.78 is 0.687. The minimum Gasteiger partial charge on any atom is -0.193 e. The van der Waals surface area contributed by atoms with Crippen LogP contribution in [0.3, 0.4) is 0 Å². The first-order valence-corrected chi connectivity index (χ1v) is 5.80. The predicted molar refractivity (Wildman–Crippen MR) is 62.6 cm³/mol. The summed E-state index contributed by atoms with van der Waals surface area (Å²) in [5.74, 6) is 0. The number of halogens is 2. The molecule has 0 atom stereocenters. The number of rotatable bonds is 3. The van der Waals surface area contributed by atoms with Gasteiger partial charge in [0.15, 0.2) is 0 Å². The third kappa shape index (κ3) is 2.75. The van der Waals surface area contributed by atoms with Crippen molar-refractivity contribution in [3.8, 4) is 6.07 Å². The van der Waals surface area contributed by atoms with Crippen LogP contribution in [0.4, 0.5) is 0 Å². The predicted octanol–water partition coefficient (Wildman–Crippen LogP) is 4.68. The van der Waals surface area contributed by atoms with Crippen LogP contribution in [-0.2, 0) is 0 Å². The molecule has 0 aliphatic heterocycles. The highest BCUT2D eigenvalue weighted by atomic mass is 35.5. The highest BCUT2D eigenvalue weighted by molar-refractivity contribution is 7.17. The van der Waals surface area contributed by atoms with Gasteiger partial charge in [-0.1, -0.05) is 36.5 Å². The average molecular weight is 246 g/mol. The molecule has 0 unspecified atom stereocenters. The maximum atomic E-state index is 8.87. The second kappa shape index (κ2) is 5.41. The van der Waals surface area contributed by atoms with Crippen molar-refractivity contribution in [3.63, 3.8) is 0 Å². The molecular formula is C10H9Cl2NS. The standard InChI is InChI=1S/C10H9Cl2NS/c1-2-3-7(6-13)10(12)8-4-5-9(11)14-8/h4-5H,2-3H2,1H3/b10-7-. The summed E-state index contributed by atoms with van der Waals surface area (Å²) in [4.78, 5) is 0.863. The largest absolute Gasteiger partial charge is 0.193 e. The lowest BCUT2D eigenvalue weighted by Crippen LogP contribution is -1.81. The normalized spacial score (nSPS) is 12.1. The van der Waals surface area contributed by atoms with Crippen LogP contribution in [0.5, 0.6) is 0 Å². The summed E-state index contributed by atoms with van der Waals surface area (Å²) in [7, 11) is 0. The van der Waals surface area contributed by atoms with Gasteiger partial charge in [0.1, 0.15) is 0 Å². The van der Waals surface area contributed by atoms with Crippen LogP contribution < -0.4 is 0 Å². The summed E-state index contributed by atoms with van der Waals surface area (Å²) >= 11 is 13.2. The molecule has 74 valence electrons. The van der Waals surface area contributed by atoms with E-state index in [0.717, 1.165) is 11.3 Å². The summed E-state index contributed by atoms with van der Waals surface area (Å²) in [6.07, 6.45) is 1.63. The van der Waals surface area contributed by atoms with Crippen molar-refractivity contribution >= 4 is 39.6 Å². The van der Waals surface area contributed by atoms with E-state index in [1.54, 1.807) is 6.07 Å². The molecule has 0 saturated carbocycles. The highest BCUT2D eigenvalue weighted by Gasteiger charge is 2.08. The van der Waals surface area contributed by atoms with Crippen molar-refractivity contribution in [1.29, 1.82) is 5.26 Å². The number of hydrogen-bond acceptors (Lipinski definition) is 2. The van der Waals surface area contributed by atoms with Crippen molar-refractivity contribution in [2.45, 2.75) is 19.8 Å². The lowest BCUT2D eigenvalue weighted by atomic mass is 10.1. The fourth-order valence-electron chi connectivity index (χ4n) is 1.05. The van der Waals surface area contributed by atoms with Gasteiger partial charge in [-0.3, -0.25) is 0 Å². The smallest absolute Gasteiger partial charge is 0.0963 e. The van der Waals surface area contributed by atoms with Gasteiger partial charge in [-0.15, -0.1) is 11.3 Å². The molecule has 0 radical (unpaired) electrons. The van der Waals surface area contributed by atoms with Crippen molar-refractivity contribution in [3.05, 3.63) is 26.9 Å². The van der Waals surface area contributed by atoms with Crippen LogP contribution in [0.2, 0.25) is 4.34 Å². The van der Waals surface area contributed by atoms with E-state index in [-0.39, 0.29) is 0 Å². The summed E-state index contributed by atoms with van der Waals surface area (Å²) in [5, 5.41) is 9.41. The van der Waals surface area contributed by atoms with Gasteiger partial charge >= 0.3 is 0 Å². The Balaban J connectivity index is 3.02. The van der Waals surface area contributed by atoms with Crippen molar-refractivity contribution in [1.82, 2.24) is 0 Å². The maximum absolute atomic E-state index is 8.87. The fourth-order valence-corrected chi connectivity index (χ4v) is 2.37. The Morgan fingerprint density at radius 2 is 2.29 bits per heavy atom. The molecule has 0 aliphatic rings. The Morgan fingerprint density at radius 1 is 1.57 bits per heavy atom. The highest BCUT2D eigenvalue weighted by Crippen LogP contribution is 2.32. The molecule has 0 amide bonds. The molecule has 0 aromatic carbocycles. The zero-order valence-electron chi connectivity index (χ0n) is 7.68. The number of thiophene rings is 1. The molecule has 0 bridgehead atoms. The molecule has 0 N–H and O–H groups in total. The Kier molecular flexibility index (Phi) is 4.47. The zero-order chi connectivity index (χ0) is 10.6. The molecule has 0 saturated heterocycles. The SMILES string of the molecule is CCC/C(C#N)=C(/Cl)c1ccc(Cl)s1. The van der Waals surface area contributed by atoms with E-state index >= 15 is 0 Å². The number of nitriles is 1. The van der Waals surface area contributed by atoms with E-state index < -0.39 is 0 Å². The molecule has 1 nitrogen and oxygen atoms in total. The molecule has 0 spiro atoms. The minimum absolute atomic E-state index is 0.534. The van der Waals surface area contributed by atoms with Crippen molar-refractivity contribution in [2.75, 3.05) is 0 Å². The van der Waals surface area contributed by atoms with E-state index in [1.165, 1.54) is 11.3 Å². The summed E-state index contributed by atoms with van der Waals surface area (Å²) in [6, 6.07) is 5.74. The van der Waals surface area contributed by atoms with Gasteiger partial charge < -0.3 is 0 Å². The molecule has 1 rings (SSSR count). The van der Waals surface area contributed by atoms with E-state index in [2.05, 4.69) is 6.07 Å². The number of hydrogen-bond donors (Lipinski definition) is 0. The third-order valence-corrected chi connectivity index (χ3v) is 3.48. The Bertz CT molecular complexity index is 387. The second-order valence-electron chi connectivity index (χ2n) is 2.76. The number of nitrogens with zero attached hydrogens (tertiary/aromatic N) is 1. The van der Waals surface area contributed by atoms with Gasteiger partial charge in [0, 0.05) is 10.5 Å². The second-order valence-corrected chi connectivity index (χ2v) is 4.85. The monoisotopic (exact) mass is 245 g/mol. The zero-order valence-corrected chi connectivity index (χ0v) is 10.0. The van der Waals surface area contributed by atoms with E-state index in [0.29, 0.717) is 21.4 Å².